The van der Waals surface area contributed by atoms with E-state index in [4.69, 9.17) is 0 Å². The molecule has 0 spiro atoms. The Morgan fingerprint density at radius 3 is 2.34 bits per heavy atom. The van der Waals surface area contributed by atoms with E-state index >= 15 is 0 Å². The average molecular weight is 454 g/mol. The minimum atomic E-state index is -4.16. The van der Waals surface area contributed by atoms with Gasteiger partial charge in [0.1, 0.15) is 5.92 Å². The molecular formula is C23H23N3O5S. The number of benzene rings is 2. The maximum absolute atomic E-state index is 12.4. The van der Waals surface area contributed by atoms with Gasteiger partial charge in [-0.1, -0.05) is 60.7 Å². The summed E-state index contributed by atoms with van der Waals surface area (Å²) in [5.41, 5.74) is 2.15. The van der Waals surface area contributed by atoms with Crippen molar-refractivity contribution in [3.8, 4) is 0 Å². The Balaban J connectivity index is 1.69. The number of rotatable bonds is 9. The van der Waals surface area contributed by atoms with Crippen molar-refractivity contribution in [2.75, 3.05) is 0 Å². The summed E-state index contributed by atoms with van der Waals surface area (Å²) in [6.07, 6.45) is 4.26. The van der Waals surface area contributed by atoms with Gasteiger partial charge in [-0.25, -0.2) is 13.1 Å². The molecule has 1 amide bonds. The molecule has 0 aliphatic carbocycles. The normalized spacial score (nSPS) is 13.5. The molecule has 3 rings (SSSR count). The van der Waals surface area contributed by atoms with Gasteiger partial charge >= 0.3 is 5.97 Å². The van der Waals surface area contributed by atoms with Crippen molar-refractivity contribution >= 4 is 28.0 Å². The molecule has 0 fully saturated rings. The number of nitrogens with one attached hydrogen (secondary N) is 1. The van der Waals surface area contributed by atoms with E-state index in [9.17, 15) is 23.1 Å². The van der Waals surface area contributed by atoms with Crippen LogP contribution in [-0.4, -0.2) is 35.2 Å². The molecule has 8 nitrogen and oxygen atoms in total. The van der Waals surface area contributed by atoms with Gasteiger partial charge in [-0.3, -0.25) is 14.3 Å². The number of nitrogens with zero attached hydrogens (tertiary/aromatic N) is 2. The molecule has 0 saturated carbocycles. The number of carboxylic acid groups (broad SMARTS) is 1. The van der Waals surface area contributed by atoms with Gasteiger partial charge in [0.2, 0.25) is 5.91 Å². The van der Waals surface area contributed by atoms with Crippen molar-refractivity contribution < 1.29 is 23.1 Å². The molecule has 0 aliphatic rings. The molecule has 0 bridgehead atoms. The fourth-order valence-electron chi connectivity index (χ4n) is 3.08. The molecule has 3 aromatic rings. The molecule has 2 N–H and O–H groups in total. The summed E-state index contributed by atoms with van der Waals surface area (Å²) in [4.78, 5) is 24.1. The Morgan fingerprint density at radius 2 is 1.72 bits per heavy atom. The fraction of sp³-hybridized carbons (Fsp3) is 0.174. The van der Waals surface area contributed by atoms with Crippen LogP contribution in [0, 0.1) is 5.92 Å². The van der Waals surface area contributed by atoms with Gasteiger partial charge in [0.15, 0.2) is 0 Å². The second-order valence-corrected chi connectivity index (χ2v) is 8.80. The lowest BCUT2D eigenvalue weighted by Gasteiger charge is -2.13. The number of hydrogen-bond donors (Lipinski definition) is 2. The van der Waals surface area contributed by atoms with E-state index in [1.54, 1.807) is 41.2 Å². The molecule has 166 valence electrons. The van der Waals surface area contributed by atoms with E-state index in [1.165, 1.54) is 12.3 Å². The van der Waals surface area contributed by atoms with Crippen molar-refractivity contribution in [3.63, 3.8) is 0 Å². The maximum atomic E-state index is 12.4. The standard InChI is InChI=1S/C23H23N3O5S/c1-17(20-10-6-3-7-11-20)26-16-19(15-24-26)14-21(23(28)29)22(27)25-32(30,31)13-12-18-8-4-2-5-9-18/h2-13,15-17,21H,14H2,1H3,(H,25,27)(H,28,29)/b13-12+. The largest absolute Gasteiger partial charge is 0.481 e. The van der Waals surface area contributed by atoms with Gasteiger partial charge in [0.05, 0.1) is 17.6 Å². The van der Waals surface area contributed by atoms with Gasteiger partial charge in [0, 0.05) is 6.20 Å². The van der Waals surface area contributed by atoms with Crippen molar-refractivity contribution in [3.05, 3.63) is 95.2 Å². The van der Waals surface area contributed by atoms with Gasteiger partial charge in [0.25, 0.3) is 10.0 Å². The summed E-state index contributed by atoms with van der Waals surface area (Å²) < 4.78 is 27.9. The Kier molecular flexibility index (Phi) is 7.21. The fourth-order valence-corrected chi connectivity index (χ4v) is 3.91. The monoisotopic (exact) mass is 453 g/mol. The molecule has 2 unspecified atom stereocenters. The molecule has 0 saturated heterocycles. The first-order valence-electron chi connectivity index (χ1n) is 9.86. The lowest BCUT2D eigenvalue weighted by Crippen LogP contribution is -2.39. The Bertz CT molecular complexity index is 1200. The van der Waals surface area contributed by atoms with E-state index in [2.05, 4.69) is 5.10 Å². The van der Waals surface area contributed by atoms with Gasteiger partial charge in [-0.2, -0.15) is 5.10 Å². The number of carbonyl (C=O) groups is 2. The minimum Gasteiger partial charge on any atom is -0.481 e. The summed E-state index contributed by atoms with van der Waals surface area (Å²) >= 11 is 0. The van der Waals surface area contributed by atoms with Gasteiger partial charge < -0.3 is 5.11 Å². The van der Waals surface area contributed by atoms with Crippen LogP contribution < -0.4 is 4.72 Å². The highest BCUT2D eigenvalue weighted by atomic mass is 32.2. The number of amides is 1. The third kappa shape index (κ3) is 6.14. The van der Waals surface area contributed by atoms with Crippen LogP contribution in [0.15, 0.2) is 78.5 Å². The predicted octanol–water partition coefficient (Wildman–Crippen LogP) is 2.85. The van der Waals surface area contributed by atoms with E-state index in [-0.39, 0.29) is 12.5 Å². The third-order valence-corrected chi connectivity index (χ3v) is 5.85. The zero-order valence-electron chi connectivity index (χ0n) is 17.3. The highest BCUT2D eigenvalue weighted by Gasteiger charge is 2.29. The lowest BCUT2D eigenvalue weighted by molar-refractivity contribution is -0.146. The number of carbonyl (C=O) groups excluding carboxylic acids is 1. The quantitative estimate of drug-likeness (QED) is 0.481. The summed E-state index contributed by atoms with van der Waals surface area (Å²) in [5.74, 6) is -4.12. The molecule has 32 heavy (non-hydrogen) atoms. The Hall–Kier alpha value is -3.72. The van der Waals surface area contributed by atoms with Crippen LogP contribution in [0.1, 0.15) is 29.7 Å². The molecule has 1 heterocycles. The molecular weight excluding hydrogens is 430 g/mol. The van der Waals surface area contributed by atoms with E-state index in [0.717, 1.165) is 11.0 Å². The van der Waals surface area contributed by atoms with E-state index in [0.29, 0.717) is 11.1 Å². The van der Waals surface area contributed by atoms with Crippen LogP contribution in [0.5, 0.6) is 0 Å². The number of sulfonamides is 1. The summed E-state index contributed by atoms with van der Waals surface area (Å²) in [5, 5.41) is 14.6. The summed E-state index contributed by atoms with van der Waals surface area (Å²) in [6.45, 7) is 1.94. The molecule has 0 aliphatic heterocycles. The first-order valence-corrected chi connectivity index (χ1v) is 11.4. The molecule has 0 radical (unpaired) electrons. The average Bonchev–Trinajstić information content (AvgIpc) is 3.25. The third-order valence-electron chi connectivity index (χ3n) is 4.87. The van der Waals surface area contributed by atoms with Crippen LogP contribution in [0.4, 0.5) is 0 Å². The zero-order chi connectivity index (χ0) is 23.1. The Morgan fingerprint density at radius 1 is 1.09 bits per heavy atom. The van der Waals surface area contributed by atoms with Crippen LogP contribution in [0.2, 0.25) is 0 Å². The smallest absolute Gasteiger partial charge is 0.316 e. The first-order chi connectivity index (χ1) is 15.2. The second kappa shape index (κ2) is 10.1. The lowest BCUT2D eigenvalue weighted by atomic mass is 10.0. The SMILES string of the molecule is CC(c1ccccc1)n1cc(CC(C(=O)O)C(=O)NS(=O)(=O)/C=C/c2ccccc2)cn1. The van der Waals surface area contributed by atoms with Crippen molar-refractivity contribution in [2.45, 2.75) is 19.4 Å². The van der Waals surface area contributed by atoms with E-state index in [1.807, 2.05) is 42.0 Å². The molecule has 1 aromatic heterocycles. The predicted molar refractivity (Wildman–Crippen MR) is 120 cm³/mol. The second-order valence-electron chi connectivity index (χ2n) is 7.23. The van der Waals surface area contributed by atoms with Crippen molar-refractivity contribution in [1.82, 2.24) is 14.5 Å². The Labute approximate surface area is 186 Å². The number of hydrogen-bond acceptors (Lipinski definition) is 5. The molecule has 2 aromatic carbocycles. The zero-order valence-corrected chi connectivity index (χ0v) is 18.1. The van der Waals surface area contributed by atoms with Crippen molar-refractivity contribution in [2.24, 2.45) is 5.92 Å². The summed E-state index contributed by atoms with van der Waals surface area (Å²) in [6, 6.07) is 18.2. The van der Waals surface area contributed by atoms with Gasteiger partial charge in [-0.15, -0.1) is 0 Å². The highest BCUT2D eigenvalue weighted by molar-refractivity contribution is 7.93. The highest BCUT2D eigenvalue weighted by Crippen LogP contribution is 2.18. The van der Waals surface area contributed by atoms with Crippen LogP contribution in [-0.2, 0) is 26.0 Å². The molecule has 9 heteroatoms. The van der Waals surface area contributed by atoms with Gasteiger partial charge in [-0.05, 0) is 36.1 Å². The first kappa shape index (κ1) is 23.0. The van der Waals surface area contributed by atoms with Crippen molar-refractivity contribution in [1.29, 1.82) is 0 Å². The van der Waals surface area contributed by atoms with Crippen LogP contribution in [0.3, 0.4) is 0 Å². The van der Waals surface area contributed by atoms with Crippen LogP contribution in [0.25, 0.3) is 6.08 Å². The summed E-state index contributed by atoms with van der Waals surface area (Å²) in [7, 11) is -4.16. The minimum absolute atomic E-state index is 0.0921. The maximum Gasteiger partial charge on any atom is 0.316 e. The van der Waals surface area contributed by atoms with E-state index < -0.39 is 27.8 Å². The number of aromatic nitrogens is 2. The molecule has 2 atom stereocenters. The van der Waals surface area contributed by atoms with Crippen LogP contribution >= 0.6 is 0 Å². The topological polar surface area (TPSA) is 118 Å². The number of carboxylic acids is 1. The number of aliphatic carboxylic acids is 1.